The molecule has 6 heteroatoms. The molecule has 4 nitrogen and oxygen atoms in total. The van der Waals surface area contributed by atoms with E-state index < -0.39 is 5.97 Å². The van der Waals surface area contributed by atoms with E-state index in [1.807, 2.05) is 6.26 Å². The molecule has 0 fully saturated rings. The maximum Gasteiger partial charge on any atom is 0.344 e. The summed E-state index contributed by atoms with van der Waals surface area (Å²) in [5.41, 5.74) is 0. The van der Waals surface area contributed by atoms with Gasteiger partial charge in [-0.25, -0.2) is 4.79 Å². The van der Waals surface area contributed by atoms with Crippen LogP contribution in [0.1, 0.15) is 0 Å². The van der Waals surface area contributed by atoms with Gasteiger partial charge >= 0.3 is 5.97 Å². The molecule has 0 aromatic carbocycles. The molecular weight excluding hydrogens is 210 g/mol. The predicted octanol–water partition coefficient (Wildman–Crippen LogP) is 0.553. The van der Waals surface area contributed by atoms with Crippen molar-refractivity contribution in [1.29, 1.82) is 0 Å². The van der Waals surface area contributed by atoms with Crippen LogP contribution in [-0.2, 0) is 14.3 Å². The molecule has 0 spiro atoms. The number of hydrogen-bond acceptors (Lipinski definition) is 5. The van der Waals surface area contributed by atoms with Gasteiger partial charge in [0.2, 0.25) is 5.91 Å². The molecule has 0 aliphatic carbocycles. The molecule has 1 rings (SSSR count). The molecule has 0 radical (unpaired) electrons. The summed E-state index contributed by atoms with van der Waals surface area (Å²) in [6.07, 6.45) is 3.11. The normalized spacial score (nSPS) is 21.8. The summed E-state index contributed by atoms with van der Waals surface area (Å²) < 4.78 is 4.41. The van der Waals surface area contributed by atoms with Crippen molar-refractivity contribution in [2.45, 2.75) is 4.71 Å². The molecular formula is C7H9NO3S2. The maximum atomic E-state index is 11.1. The van der Waals surface area contributed by atoms with E-state index in [9.17, 15) is 9.59 Å². The average Bonchev–Trinajstić information content (AvgIpc) is 2.15. The van der Waals surface area contributed by atoms with E-state index in [1.165, 1.54) is 36.7 Å². The monoisotopic (exact) mass is 219 g/mol. The van der Waals surface area contributed by atoms with E-state index in [1.54, 1.807) is 0 Å². The van der Waals surface area contributed by atoms with Crippen LogP contribution in [0.2, 0.25) is 0 Å². The molecule has 0 bridgehead atoms. The highest BCUT2D eigenvalue weighted by molar-refractivity contribution is 8.19. The molecule has 1 atom stereocenters. The first kappa shape index (κ1) is 10.5. The van der Waals surface area contributed by atoms with Crippen LogP contribution in [0.5, 0.6) is 0 Å². The Morgan fingerprint density at radius 2 is 2.46 bits per heavy atom. The Kier molecular flexibility index (Phi) is 3.68. The maximum absolute atomic E-state index is 11.1. The van der Waals surface area contributed by atoms with Gasteiger partial charge in [0.1, 0.15) is 9.61 Å². The van der Waals surface area contributed by atoms with Gasteiger partial charge in [0.15, 0.2) is 0 Å². The number of hydrogen-bond donors (Lipinski definition) is 1. The van der Waals surface area contributed by atoms with E-state index in [-0.39, 0.29) is 10.6 Å². The first-order valence-corrected chi connectivity index (χ1v) is 5.64. The summed E-state index contributed by atoms with van der Waals surface area (Å²) in [7, 11) is 1.30. The molecule has 72 valence electrons. The summed E-state index contributed by atoms with van der Waals surface area (Å²) >= 11 is 2.75. The number of ether oxygens (including phenoxy) is 1. The van der Waals surface area contributed by atoms with E-state index in [0.29, 0.717) is 4.91 Å². The molecule has 1 unspecified atom stereocenters. The number of carbonyl (C=O) groups is 2. The fourth-order valence-corrected chi connectivity index (χ4v) is 2.46. The lowest BCUT2D eigenvalue weighted by Gasteiger charge is -2.19. The van der Waals surface area contributed by atoms with E-state index in [4.69, 9.17) is 0 Å². The van der Waals surface area contributed by atoms with Crippen molar-refractivity contribution in [2.75, 3.05) is 13.4 Å². The number of esters is 1. The predicted molar refractivity (Wildman–Crippen MR) is 53.1 cm³/mol. The lowest BCUT2D eigenvalue weighted by Crippen LogP contribution is -2.33. The molecule has 1 heterocycles. The summed E-state index contributed by atoms with van der Waals surface area (Å²) in [6, 6.07) is 0. The Morgan fingerprint density at radius 1 is 1.77 bits per heavy atom. The van der Waals surface area contributed by atoms with Crippen LogP contribution < -0.4 is 5.32 Å². The van der Waals surface area contributed by atoms with Gasteiger partial charge in [-0.1, -0.05) is 11.8 Å². The fourth-order valence-electron chi connectivity index (χ4n) is 0.770. The fraction of sp³-hybridized carbons (Fsp3) is 0.429. The number of carbonyl (C=O) groups excluding carboxylic acids is 2. The quantitative estimate of drug-likeness (QED) is 0.687. The molecule has 1 aliphatic heterocycles. The van der Waals surface area contributed by atoms with Gasteiger partial charge in [0.25, 0.3) is 0 Å². The number of thioether (sulfide) groups is 2. The number of nitrogens with one attached hydrogen (secondary N) is 1. The number of amides is 1. The first-order chi connectivity index (χ1) is 6.17. The van der Waals surface area contributed by atoms with Gasteiger partial charge in [0, 0.05) is 6.08 Å². The second-order valence-corrected chi connectivity index (χ2v) is 4.58. The van der Waals surface area contributed by atoms with E-state index >= 15 is 0 Å². The molecule has 1 N–H and O–H groups in total. The van der Waals surface area contributed by atoms with Crippen LogP contribution >= 0.6 is 23.5 Å². The van der Waals surface area contributed by atoms with E-state index in [0.717, 1.165) is 0 Å². The third-order valence-corrected chi connectivity index (χ3v) is 3.64. The van der Waals surface area contributed by atoms with Gasteiger partial charge < -0.3 is 10.1 Å². The lowest BCUT2D eigenvalue weighted by atomic mass is 10.4. The lowest BCUT2D eigenvalue weighted by molar-refractivity contribution is -0.135. The molecule has 0 saturated carbocycles. The van der Waals surface area contributed by atoms with Gasteiger partial charge in [-0.3, -0.25) is 4.79 Å². The summed E-state index contributed by atoms with van der Waals surface area (Å²) in [5.74, 6) is -0.711. The van der Waals surface area contributed by atoms with Crippen molar-refractivity contribution in [3.63, 3.8) is 0 Å². The second kappa shape index (κ2) is 4.57. The van der Waals surface area contributed by atoms with Crippen molar-refractivity contribution in [3.05, 3.63) is 11.0 Å². The van der Waals surface area contributed by atoms with Crippen LogP contribution in [0.4, 0.5) is 0 Å². The van der Waals surface area contributed by atoms with Gasteiger partial charge in [0.05, 0.1) is 7.11 Å². The van der Waals surface area contributed by atoms with E-state index in [2.05, 4.69) is 10.1 Å². The van der Waals surface area contributed by atoms with Gasteiger partial charge in [-0.15, -0.1) is 11.8 Å². The topological polar surface area (TPSA) is 55.4 Å². The molecule has 1 aliphatic rings. The highest BCUT2D eigenvalue weighted by atomic mass is 32.2. The highest BCUT2D eigenvalue weighted by Crippen LogP contribution is 2.30. The van der Waals surface area contributed by atoms with Crippen LogP contribution in [0.25, 0.3) is 0 Å². The summed E-state index contributed by atoms with van der Waals surface area (Å²) in [5, 5.41) is 2.68. The van der Waals surface area contributed by atoms with Crippen molar-refractivity contribution in [1.82, 2.24) is 5.32 Å². The van der Waals surface area contributed by atoms with Crippen molar-refractivity contribution < 1.29 is 14.3 Å². The zero-order chi connectivity index (χ0) is 9.84. The molecule has 1 amide bonds. The largest absolute Gasteiger partial charge is 0.465 e. The minimum absolute atomic E-state index is 0.105. The number of methoxy groups -OCH3 is 1. The Labute approximate surface area is 84.5 Å². The molecule has 0 aromatic heterocycles. The smallest absolute Gasteiger partial charge is 0.344 e. The van der Waals surface area contributed by atoms with Gasteiger partial charge in [-0.2, -0.15) is 0 Å². The number of rotatable bonds is 2. The Hall–Kier alpha value is -0.620. The minimum Gasteiger partial charge on any atom is -0.465 e. The Bertz CT molecular complexity index is 264. The second-order valence-electron chi connectivity index (χ2n) is 2.19. The average molecular weight is 219 g/mol. The standard InChI is InChI=1S/C7H9NO3S2/c1-11-6(10)4-3-5(9)8-7(12-2)13-4/h3,7H,1-2H3,(H,8,9). The SMILES string of the molecule is COC(=O)C1=CC(=O)NC(SC)S1. The van der Waals surface area contributed by atoms with Crippen LogP contribution in [0.3, 0.4) is 0 Å². The Balaban J connectivity index is 2.74. The zero-order valence-electron chi connectivity index (χ0n) is 7.20. The van der Waals surface area contributed by atoms with Crippen LogP contribution in [0.15, 0.2) is 11.0 Å². The highest BCUT2D eigenvalue weighted by Gasteiger charge is 2.23. The van der Waals surface area contributed by atoms with Crippen molar-refractivity contribution >= 4 is 35.4 Å². The molecule has 13 heavy (non-hydrogen) atoms. The third kappa shape index (κ3) is 2.67. The molecule has 0 saturated heterocycles. The summed E-state index contributed by atoms with van der Waals surface area (Å²) in [6.45, 7) is 0. The van der Waals surface area contributed by atoms with Crippen molar-refractivity contribution in [3.8, 4) is 0 Å². The van der Waals surface area contributed by atoms with Crippen molar-refractivity contribution in [2.24, 2.45) is 0 Å². The minimum atomic E-state index is -0.459. The molecule has 0 aromatic rings. The Morgan fingerprint density at radius 3 is 3.00 bits per heavy atom. The third-order valence-electron chi connectivity index (χ3n) is 1.36. The summed E-state index contributed by atoms with van der Waals surface area (Å²) in [4.78, 5) is 22.5. The van der Waals surface area contributed by atoms with Gasteiger partial charge in [-0.05, 0) is 6.26 Å². The zero-order valence-corrected chi connectivity index (χ0v) is 8.83. The first-order valence-electron chi connectivity index (χ1n) is 3.47. The van der Waals surface area contributed by atoms with Crippen LogP contribution in [0, 0.1) is 0 Å². The van der Waals surface area contributed by atoms with Crippen LogP contribution in [-0.4, -0.2) is 29.9 Å².